The van der Waals surface area contributed by atoms with E-state index in [1.165, 1.54) is 0 Å². The first-order valence-electron chi connectivity index (χ1n) is 19.7. The monoisotopic (exact) mass is 756 g/mol. The molecule has 53 heavy (non-hydrogen) atoms. The van der Waals surface area contributed by atoms with E-state index in [2.05, 4.69) is 91.3 Å². The average Bonchev–Trinajstić information content (AvgIpc) is 3.13. The average molecular weight is 757 g/mol. The van der Waals surface area contributed by atoms with Gasteiger partial charge in [0.05, 0.1) is 6.61 Å². The maximum absolute atomic E-state index is 12.3. The Kier molecular flexibility index (Phi) is 36.0. The van der Waals surface area contributed by atoms with Gasteiger partial charge in [0, 0.05) is 12.8 Å². The zero-order valence-corrected chi connectivity index (χ0v) is 33.5. The molecule has 0 spiro atoms. The molecule has 2 N–H and O–H groups in total. The second-order valence-electron chi connectivity index (χ2n) is 12.6. The standard InChI is InChI=1S/C44H69O8P/c1-3-5-7-9-11-13-15-17-18-19-20-21-22-23-24-25-27-28-30-32-34-36-38-43(45)50-40-42(41-51-53(47,48)49)52-44(46)39-37-35-33-31-29-26-16-14-12-10-8-6-4-2/h5-8,10-14,16-18,20-21,23-24,26,29,42H,3-4,9,15,19,22,25,27-28,30-41H2,1-2H3,(H2,47,48,49)/b7-5+,8-6+,12-10+,13-11+,16-14+,18-17+,21-20+,24-23+,29-26+. The summed E-state index contributed by atoms with van der Waals surface area (Å²) in [6.45, 7) is 3.36. The summed E-state index contributed by atoms with van der Waals surface area (Å²) in [5.41, 5.74) is 0. The molecule has 0 aliphatic heterocycles. The lowest BCUT2D eigenvalue weighted by atomic mass is 10.1. The third-order valence-electron chi connectivity index (χ3n) is 7.63. The summed E-state index contributed by atoms with van der Waals surface area (Å²) < 4.78 is 26.3. The number of allylic oxidation sites excluding steroid dienone is 18. The first-order valence-corrected chi connectivity index (χ1v) is 21.3. The first-order chi connectivity index (χ1) is 25.8. The van der Waals surface area contributed by atoms with Crippen molar-refractivity contribution in [1.82, 2.24) is 0 Å². The molecule has 1 unspecified atom stereocenters. The summed E-state index contributed by atoms with van der Waals surface area (Å²) in [4.78, 5) is 42.7. The molecule has 0 saturated heterocycles. The van der Waals surface area contributed by atoms with Gasteiger partial charge in [-0.1, -0.05) is 155 Å². The molecule has 0 heterocycles. The fourth-order valence-electron chi connectivity index (χ4n) is 4.76. The predicted molar refractivity (Wildman–Crippen MR) is 220 cm³/mol. The highest BCUT2D eigenvalue weighted by atomic mass is 31.2. The lowest BCUT2D eigenvalue weighted by molar-refractivity contribution is -0.161. The molecule has 8 nitrogen and oxygen atoms in total. The number of carbonyl (C=O) groups is 2. The lowest BCUT2D eigenvalue weighted by Gasteiger charge is -2.18. The Labute approximate surface area is 321 Å². The van der Waals surface area contributed by atoms with E-state index < -0.39 is 32.5 Å². The van der Waals surface area contributed by atoms with Crippen molar-refractivity contribution in [3.05, 3.63) is 109 Å². The van der Waals surface area contributed by atoms with Crippen LogP contribution in [0.4, 0.5) is 0 Å². The van der Waals surface area contributed by atoms with Crippen molar-refractivity contribution in [2.24, 2.45) is 0 Å². The molecule has 0 aromatic heterocycles. The van der Waals surface area contributed by atoms with Crippen LogP contribution in [0.3, 0.4) is 0 Å². The van der Waals surface area contributed by atoms with Gasteiger partial charge in [0.1, 0.15) is 6.61 Å². The van der Waals surface area contributed by atoms with Crippen molar-refractivity contribution in [2.75, 3.05) is 13.2 Å². The minimum absolute atomic E-state index is 0.155. The number of ether oxygens (including phenoxy) is 2. The van der Waals surface area contributed by atoms with Gasteiger partial charge in [-0.15, -0.1) is 0 Å². The molecule has 0 radical (unpaired) electrons. The summed E-state index contributed by atoms with van der Waals surface area (Å²) in [7, 11) is -4.77. The summed E-state index contributed by atoms with van der Waals surface area (Å²) in [6.07, 6.45) is 53.8. The molecule has 0 fully saturated rings. The van der Waals surface area contributed by atoms with Crippen molar-refractivity contribution in [3.63, 3.8) is 0 Å². The quantitative estimate of drug-likeness (QED) is 0.0219. The fraction of sp³-hybridized carbons (Fsp3) is 0.545. The van der Waals surface area contributed by atoms with Crippen molar-refractivity contribution in [2.45, 2.75) is 142 Å². The molecule has 1 atom stereocenters. The van der Waals surface area contributed by atoms with Crippen LogP contribution in [-0.4, -0.2) is 41.0 Å². The Hall–Kier alpha value is -3.29. The Bertz CT molecular complexity index is 1220. The van der Waals surface area contributed by atoms with E-state index in [1.807, 2.05) is 36.5 Å². The van der Waals surface area contributed by atoms with Crippen LogP contribution < -0.4 is 0 Å². The largest absolute Gasteiger partial charge is 0.469 e. The Morgan fingerprint density at radius 3 is 1.51 bits per heavy atom. The number of phosphoric ester groups is 1. The van der Waals surface area contributed by atoms with E-state index >= 15 is 0 Å². The smallest absolute Gasteiger partial charge is 0.462 e. The normalized spacial score (nSPS) is 13.7. The molecule has 0 bridgehead atoms. The Morgan fingerprint density at radius 1 is 0.509 bits per heavy atom. The molecule has 0 rings (SSSR count). The fourth-order valence-corrected chi connectivity index (χ4v) is 5.12. The molecule has 0 aliphatic carbocycles. The Morgan fingerprint density at radius 2 is 0.943 bits per heavy atom. The molecule has 0 saturated carbocycles. The van der Waals surface area contributed by atoms with Crippen LogP contribution in [0.1, 0.15) is 136 Å². The molecule has 0 amide bonds. The van der Waals surface area contributed by atoms with Crippen molar-refractivity contribution >= 4 is 19.8 Å². The van der Waals surface area contributed by atoms with E-state index in [-0.39, 0.29) is 19.4 Å². The van der Waals surface area contributed by atoms with Crippen molar-refractivity contribution in [3.8, 4) is 0 Å². The van der Waals surface area contributed by atoms with Crippen LogP contribution in [0, 0.1) is 0 Å². The van der Waals surface area contributed by atoms with E-state index in [4.69, 9.17) is 19.3 Å². The molecule has 298 valence electrons. The number of rotatable bonds is 34. The van der Waals surface area contributed by atoms with Gasteiger partial charge in [0.25, 0.3) is 0 Å². The van der Waals surface area contributed by atoms with E-state index in [0.29, 0.717) is 12.8 Å². The molecule has 9 heteroatoms. The minimum Gasteiger partial charge on any atom is -0.462 e. The highest BCUT2D eigenvalue weighted by Crippen LogP contribution is 2.36. The van der Waals surface area contributed by atoms with E-state index in [1.54, 1.807) is 0 Å². The van der Waals surface area contributed by atoms with Crippen LogP contribution in [0.15, 0.2) is 109 Å². The predicted octanol–water partition coefficient (Wildman–Crippen LogP) is 12.0. The second kappa shape index (κ2) is 38.4. The second-order valence-corrected chi connectivity index (χ2v) is 13.8. The number of phosphoric acid groups is 1. The zero-order chi connectivity index (χ0) is 38.9. The topological polar surface area (TPSA) is 119 Å². The van der Waals surface area contributed by atoms with E-state index in [0.717, 1.165) is 96.3 Å². The maximum Gasteiger partial charge on any atom is 0.469 e. The number of unbranched alkanes of at least 4 members (excludes halogenated alkanes) is 9. The van der Waals surface area contributed by atoms with E-state index in [9.17, 15) is 14.2 Å². The van der Waals surface area contributed by atoms with Gasteiger partial charge in [-0.05, 0) is 77.0 Å². The van der Waals surface area contributed by atoms with Gasteiger partial charge in [-0.2, -0.15) is 0 Å². The zero-order valence-electron chi connectivity index (χ0n) is 32.6. The van der Waals surface area contributed by atoms with Crippen LogP contribution in [0.25, 0.3) is 0 Å². The first kappa shape index (κ1) is 49.7. The number of hydrogen-bond donors (Lipinski definition) is 2. The highest BCUT2D eigenvalue weighted by molar-refractivity contribution is 7.46. The number of carbonyl (C=O) groups excluding carboxylic acids is 2. The molecule has 0 aromatic rings. The van der Waals surface area contributed by atoms with Crippen LogP contribution in [-0.2, 0) is 28.2 Å². The van der Waals surface area contributed by atoms with Crippen LogP contribution >= 0.6 is 7.82 Å². The third-order valence-corrected chi connectivity index (χ3v) is 8.12. The lowest BCUT2D eigenvalue weighted by Crippen LogP contribution is -2.29. The summed E-state index contributed by atoms with van der Waals surface area (Å²) in [5, 5.41) is 0. The SMILES string of the molecule is CC/C=C/C=C/C=C/C=C/CCCCCC(=O)OC(COC(=O)CCCCCCCC/C=C/C/C=C/C/C=C/C/C=C/C/C=C/CC)COP(=O)(O)O. The van der Waals surface area contributed by atoms with Gasteiger partial charge in [-0.3, -0.25) is 14.1 Å². The van der Waals surface area contributed by atoms with Gasteiger partial charge >= 0.3 is 19.8 Å². The molecule has 0 aromatic carbocycles. The number of esters is 2. The molecular formula is C44H69O8P. The number of hydrogen-bond acceptors (Lipinski definition) is 6. The van der Waals surface area contributed by atoms with Crippen molar-refractivity contribution in [1.29, 1.82) is 0 Å². The van der Waals surface area contributed by atoms with Crippen LogP contribution in [0.5, 0.6) is 0 Å². The van der Waals surface area contributed by atoms with Crippen molar-refractivity contribution < 1.29 is 37.9 Å². The summed E-state index contributed by atoms with van der Waals surface area (Å²) in [5.74, 6) is -0.961. The Balaban J connectivity index is 4.03. The highest BCUT2D eigenvalue weighted by Gasteiger charge is 2.22. The maximum atomic E-state index is 12.3. The van der Waals surface area contributed by atoms with Crippen LogP contribution in [0.2, 0.25) is 0 Å². The third kappa shape index (κ3) is 41.3. The minimum atomic E-state index is -4.77. The summed E-state index contributed by atoms with van der Waals surface area (Å²) in [6, 6.07) is 0. The van der Waals surface area contributed by atoms with Gasteiger partial charge in [0.15, 0.2) is 6.10 Å². The molecular weight excluding hydrogens is 687 g/mol. The summed E-state index contributed by atoms with van der Waals surface area (Å²) >= 11 is 0. The van der Waals surface area contributed by atoms with Gasteiger partial charge in [-0.25, -0.2) is 4.57 Å². The van der Waals surface area contributed by atoms with Gasteiger partial charge in [0.2, 0.25) is 0 Å². The molecule has 0 aliphatic rings. The van der Waals surface area contributed by atoms with Gasteiger partial charge < -0.3 is 19.3 Å².